The Bertz CT molecular complexity index is 752. The van der Waals surface area contributed by atoms with Gasteiger partial charge in [-0.1, -0.05) is 11.2 Å². The van der Waals surface area contributed by atoms with E-state index in [1.165, 1.54) is 14.2 Å². The SMILES string of the molecule is COc1ccc(-c2c(N)noc2CS(C)(=O)=O)cc1OC. The second-order valence-corrected chi connectivity index (χ2v) is 6.65. The molecule has 0 aliphatic carbocycles. The summed E-state index contributed by atoms with van der Waals surface area (Å²) in [4.78, 5) is 0. The van der Waals surface area contributed by atoms with Crippen LogP contribution in [0.15, 0.2) is 22.7 Å². The van der Waals surface area contributed by atoms with Gasteiger partial charge in [-0.15, -0.1) is 0 Å². The molecule has 21 heavy (non-hydrogen) atoms. The summed E-state index contributed by atoms with van der Waals surface area (Å²) in [6.45, 7) is 0. The summed E-state index contributed by atoms with van der Waals surface area (Å²) in [5.74, 6) is 1.10. The molecule has 0 aliphatic heterocycles. The van der Waals surface area contributed by atoms with Crippen molar-refractivity contribution >= 4 is 15.7 Å². The van der Waals surface area contributed by atoms with Gasteiger partial charge < -0.3 is 19.7 Å². The highest BCUT2D eigenvalue weighted by Crippen LogP contribution is 2.36. The van der Waals surface area contributed by atoms with Crippen molar-refractivity contribution in [3.8, 4) is 22.6 Å². The first-order valence-electron chi connectivity index (χ1n) is 6.00. The molecular weight excluding hydrogens is 296 g/mol. The number of sulfone groups is 1. The zero-order valence-electron chi connectivity index (χ0n) is 11.9. The number of nitrogens with two attached hydrogens (primary N) is 1. The minimum Gasteiger partial charge on any atom is -0.493 e. The predicted molar refractivity (Wildman–Crippen MR) is 78.0 cm³/mol. The molecule has 0 unspecified atom stereocenters. The number of hydrogen-bond acceptors (Lipinski definition) is 7. The Morgan fingerprint density at radius 2 is 1.90 bits per heavy atom. The lowest BCUT2D eigenvalue weighted by Gasteiger charge is -2.09. The molecule has 114 valence electrons. The maximum absolute atomic E-state index is 11.4. The van der Waals surface area contributed by atoms with Crippen LogP contribution in [0.25, 0.3) is 11.1 Å². The fourth-order valence-corrected chi connectivity index (χ4v) is 2.65. The molecule has 0 bridgehead atoms. The smallest absolute Gasteiger partial charge is 0.175 e. The standard InChI is InChI=1S/C13H16N2O5S/c1-18-9-5-4-8(6-10(9)19-2)12-11(7-21(3,16)17)20-15-13(12)14/h4-6H,7H2,1-3H3,(H2,14,15). The topological polar surface area (TPSA) is 105 Å². The Labute approximate surface area is 122 Å². The zero-order chi connectivity index (χ0) is 15.6. The van der Waals surface area contributed by atoms with Crippen LogP contribution in [0.4, 0.5) is 5.82 Å². The van der Waals surface area contributed by atoms with Crippen LogP contribution >= 0.6 is 0 Å². The number of ether oxygens (including phenoxy) is 2. The molecule has 0 amide bonds. The van der Waals surface area contributed by atoms with Crippen molar-refractivity contribution in [1.29, 1.82) is 0 Å². The van der Waals surface area contributed by atoms with Gasteiger partial charge >= 0.3 is 0 Å². The monoisotopic (exact) mass is 312 g/mol. The number of rotatable bonds is 5. The molecule has 0 spiro atoms. The van der Waals surface area contributed by atoms with Crippen molar-refractivity contribution in [2.45, 2.75) is 5.75 Å². The fraction of sp³-hybridized carbons (Fsp3) is 0.308. The second kappa shape index (κ2) is 5.65. The lowest BCUT2D eigenvalue weighted by Crippen LogP contribution is -2.01. The van der Waals surface area contributed by atoms with Gasteiger partial charge in [-0.25, -0.2) is 8.42 Å². The maximum atomic E-state index is 11.4. The van der Waals surface area contributed by atoms with Crippen molar-refractivity contribution in [2.75, 3.05) is 26.2 Å². The molecule has 0 radical (unpaired) electrons. The van der Waals surface area contributed by atoms with Gasteiger partial charge in [-0.05, 0) is 17.7 Å². The fourth-order valence-electron chi connectivity index (χ4n) is 1.98. The molecule has 8 heteroatoms. The van der Waals surface area contributed by atoms with Crippen molar-refractivity contribution in [1.82, 2.24) is 5.16 Å². The summed E-state index contributed by atoms with van der Waals surface area (Å²) in [6.07, 6.45) is 1.12. The highest BCUT2D eigenvalue weighted by molar-refractivity contribution is 7.89. The van der Waals surface area contributed by atoms with Crippen LogP contribution in [0, 0.1) is 0 Å². The Morgan fingerprint density at radius 3 is 2.48 bits per heavy atom. The number of anilines is 1. The molecule has 0 saturated heterocycles. The second-order valence-electron chi connectivity index (χ2n) is 4.51. The third-order valence-electron chi connectivity index (χ3n) is 2.85. The van der Waals surface area contributed by atoms with Crippen LogP contribution in [0.5, 0.6) is 11.5 Å². The summed E-state index contributed by atoms with van der Waals surface area (Å²) < 4.78 is 38.3. The number of methoxy groups -OCH3 is 2. The molecule has 0 saturated carbocycles. The van der Waals surface area contributed by atoms with Gasteiger partial charge in [0.05, 0.1) is 19.8 Å². The van der Waals surface area contributed by atoms with Crippen LogP contribution in [0.3, 0.4) is 0 Å². The molecule has 2 N–H and O–H groups in total. The van der Waals surface area contributed by atoms with E-state index < -0.39 is 9.84 Å². The van der Waals surface area contributed by atoms with E-state index in [0.717, 1.165) is 6.26 Å². The molecule has 1 heterocycles. The van der Waals surface area contributed by atoms with E-state index in [0.29, 0.717) is 22.6 Å². The molecule has 2 rings (SSSR count). The van der Waals surface area contributed by atoms with E-state index >= 15 is 0 Å². The van der Waals surface area contributed by atoms with Gasteiger partial charge in [0.2, 0.25) is 0 Å². The Morgan fingerprint density at radius 1 is 1.24 bits per heavy atom. The summed E-state index contributed by atoms with van der Waals surface area (Å²) in [5, 5.41) is 3.64. The number of nitrogens with zero attached hydrogens (tertiary/aromatic N) is 1. The zero-order valence-corrected chi connectivity index (χ0v) is 12.7. The van der Waals surface area contributed by atoms with Crippen molar-refractivity contribution < 1.29 is 22.4 Å². The van der Waals surface area contributed by atoms with Crippen molar-refractivity contribution in [2.24, 2.45) is 0 Å². The Balaban J connectivity index is 2.54. The van der Waals surface area contributed by atoms with Crippen LogP contribution < -0.4 is 15.2 Å². The van der Waals surface area contributed by atoms with Gasteiger partial charge in [0, 0.05) is 6.26 Å². The maximum Gasteiger partial charge on any atom is 0.175 e. The molecular formula is C13H16N2O5S. The van der Waals surface area contributed by atoms with Gasteiger partial charge in [0.15, 0.2) is 32.9 Å². The van der Waals surface area contributed by atoms with Crippen molar-refractivity contribution in [3.63, 3.8) is 0 Å². The van der Waals surface area contributed by atoms with E-state index in [-0.39, 0.29) is 17.3 Å². The van der Waals surface area contributed by atoms with Gasteiger partial charge in [-0.3, -0.25) is 0 Å². The third kappa shape index (κ3) is 3.27. The van der Waals surface area contributed by atoms with E-state index in [1.807, 2.05) is 0 Å². The molecule has 7 nitrogen and oxygen atoms in total. The number of aromatic nitrogens is 1. The molecule has 0 fully saturated rings. The van der Waals surface area contributed by atoms with Gasteiger partial charge in [0.25, 0.3) is 0 Å². The predicted octanol–water partition coefficient (Wildman–Crippen LogP) is 1.49. The van der Waals surface area contributed by atoms with E-state index in [2.05, 4.69) is 5.16 Å². The minimum atomic E-state index is -3.27. The molecule has 1 aromatic heterocycles. The minimum absolute atomic E-state index is 0.126. The highest BCUT2D eigenvalue weighted by atomic mass is 32.2. The Kier molecular flexibility index (Phi) is 4.08. The van der Waals surface area contributed by atoms with E-state index in [4.69, 9.17) is 19.7 Å². The van der Waals surface area contributed by atoms with Crippen LogP contribution in [-0.4, -0.2) is 34.0 Å². The lowest BCUT2D eigenvalue weighted by atomic mass is 10.1. The summed E-state index contributed by atoms with van der Waals surface area (Å²) in [7, 11) is -0.230. The molecule has 0 aliphatic rings. The number of nitrogen functional groups attached to an aromatic ring is 1. The van der Waals surface area contributed by atoms with E-state index in [9.17, 15) is 8.42 Å². The highest BCUT2D eigenvalue weighted by Gasteiger charge is 2.20. The molecule has 1 aromatic carbocycles. The average Bonchev–Trinajstić information content (AvgIpc) is 2.76. The van der Waals surface area contributed by atoms with E-state index in [1.54, 1.807) is 18.2 Å². The largest absolute Gasteiger partial charge is 0.493 e. The van der Waals surface area contributed by atoms with Crippen LogP contribution in [-0.2, 0) is 15.6 Å². The average molecular weight is 312 g/mol. The normalized spacial score (nSPS) is 11.4. The third-order valence-corrected chi connectivity index (χ3v) is 3.64. The summed E-state index contributed by atoms with van der Waals surface area (Å²) in [6, 6.07) is 5.12. The number of benzene rings is 1. The lowest BCUT2D eigenvalue weighted by molar-refractivity contribution is 0.355. The van der Waals surface area contributed by atoms with Crippen LogP contribution in [0.2, 0.25) is 0 Å². The molecule has 2 aromatic rings. The first-order chi connectivity index (χ1) is 9.85. The van der Waals surface area contributed by atoms with Gasteiger partial charge in [0.1, 0.15) is 5.75 Å². The first-order valence-corrected chi connectivity index (χ1v) is 8.06. The van der Waals surface area contributed by atoms with Crippen LogP contribution in [0.1, 0.15) is 5.76 Å². The van der Waals surface area contributed by atoms with Crippen molar-refractivity contribution in [3.05, 3.63) is 24.0 Å². The molecule has 0 atom stereocenters. The first kappa shape index (κ1) is 15.2. The quantitative estimate of drug-likeness (QED) is 0.891. The van der Waals surface area contributed by atoms with Gasteiger partial charge in [-0.2, -0.15) is 0 Å². The summed E-state index contributed by atoms with van der Waals surface area (Å²) in [5.41, 5.74) is 6.87. The summed E-state index contributed by atoms with van der Waals surface area (Å²) >= 11 is 0. The Hall–Kier alpha value is -2.22. The number of hydrogen-bond donors (Lipinski definition) is 1.